The third-order valence-electron chi connectivity index (χ3n) is 16.5. The van der Waals surface area contributed by atoms with E-state index in [2.05, 4.69) is 60.8 Å². The lowest BCUT2D eigenvalue weighted by atomic mass is 9.30. The van der Waals surface area contributed by atoms with Gasteiger partial charge in [0.2, 0.25) is 0 Å². The van der Waals surface area contributed by atoms with Gasteiger partial charge in [-0.2, -0.15) is 0 Å². The Kier molecular flexibility index (Phi) is 19.3. The van der Waals surface area contributed by atoms with Crippen LogP contribution in [-0.2, 0) is 47.6 Å². The number of aliphatic hydroxyl groups excluding tert-OH is 2. The molecule has 7 rings (SSSR count). The van der Waals surface area contributed by atoms with Gasteiger partial charge in [-0.25, -0.2) is 14.4 Å². The van der Waals surface area contributed by atoms with Crippen LogP contribution in [0.2, 0.25) is 0 Å². The number of fused-ring (bicyclic) bond motifs is 3. The average Bonchev–Trinajstić information content (AvgIpc) is 3.41. The third kappa shape index (κ3) is 12.0. The van der Waals surface area contributed by atoms with Crippen molar-refractivity contribution in [3.05, 3.63) is 156 Å². The zero-order valence-electron chi connectivity index (χ0n) is 47.3. The maximum atomic E-state index is 15.9. The summed E-state index contributed by atoms with van der Waals surface area (Å²) in [5.41, 5.74) is -10.4. The fourth-order valence-electron chi connectivity index (χ4n) is 12.5. The standard InChI is InChI=1S/C64H79NO15/c1-9-10-11-12-13-14-15-16-17-18-19-20-21-22-23-24-25-26-33-38-48(68)76-52-49-42(2)64(79-57(72)51(69)50(44-34-29-27-30-35-44)65-58(73)80-59(4,5)6)40-63(74,61(49,64)8)55(77-56(71)45-36-31-28-32-37-45)53-60(7,54(52)70)46(67)39-47-62(53,41-75-47)78-43(3)66/h10-11,13-14,16-17,19-20,22-23,25-32,34-37,46-47,50-53,55,67,69,74H,9,12,15,18,21,24,33,38-41H2,1-8H3,(H,65,73)/b11-10-,14-13-,17-16-,20-19-,23-22-,26-25-/t46-,47+,50?,51+,52+,53-,55-,60+,61?,62-,63+,64?/m0/s1. The molecule has 0 radical (unpaired) electrons. The number of ether oxygens (including phenoxy) is 6. The Hall–Kier alpha value is -6.72. The number of allylic oxidation sites excluding steroid dienone is 12. The highest BCUT2D eigenvalue weighted by Crippen LogP contribution is 2.78. The van der Waals surface area contributed by atoms with Crippen molar-refractivity contribution in [1.29, 1.82) is 0 Å². The molecular weight excluding hydrogens is 1020 g/mol. The molecule has 3 unspecified atom stereocenters. The van der Waals surface area contributed by atoms with Gasteiger partial charge in [-0.3, -0.25) is 14.4 Å². The van der Waals surface area contributed by atoms with Crippen molar-refractivity contribution < 1.29 is 72.5 Å². The Morgan fingerprint density at radius 2 is 1.35 bits per heavy atom. The second-order valence-corrected chi connectivity index (χ2v) is 22.7. The van der Waals surface area contributed by atoms with Gasteiger partial charge in [0.15, 0.2) is 23.6 Å². The summed E-state index contributed by atoms with van der Waals surface area (Å²) in [6.45, 7) is 12.4. The number of hydrogen-bond donors (Lipinski definition) is 4. The van der Waals surface area contributed by atoms with Crippen LogP contribution in [0.1, 0.15) is 142 Å². The Balaban J connectivity index is 1.18. The van der Waals surface area contributed by atoms with Crippen molar-refractivity contribution in [2.75, 3.05) is 6.61 Å². The number of aliphatic hydroxyl groups is 3. The van der Waals surface area contributed by atoms with E-state index in [0.29, 0.717) is 12.0 Å². The van der Waals surface area contributed by atoms with Crippen LogP contribution in [0.25, 0.3) is 0 Å². The monoisotopic (exact) mass is 1100 g/mol. The SMILES string of the molecule is CC/C=C\C/C=C\C/C=C\C/C=C\C/C=C\C/C=C\CCC(=O)O[C@H]1C(=O)[C@@]2(C)[C@H]([C@H](OC(=O)c3ccccc3)[C@]3(O)CC4(OC(=O)[C@H](O)C(NC(=O)OC(C)(C)C)c5ccccc5)C(C)=C1C43C)[C@]1(OC(C)=O)CO[C@@H]1C[C@@H]2O. The number of esters is 4. The first-order chi connectivity index (χ1) is 38.0. The molecule has 16 heteroatoms. The number of ketones is 1. The minimum absolute atomic E-state index is 0.0356. The number of rotatable bonds is 23. The quantitative estimate of drug-likeness (QED) is 0.0461. The summed E-state index contributed by atoms with van der Waals surface area (Å²) in [5.74, 6) is -6.16. The molecule has 2 aromatic carbocycles. The van der Waals surface area contributed by atoms with Crippen LogP contribution in [0, 0.1) is 16.7 Å². The van der Waals surface area contributed by atoms with Crippen molar-refractivity contribution in [2.45, 2.75) is 179 Å². The van der Waals surface area contributed by atoms with E-state index >= 15 is 4.79 Å². The third-order valence-corrected chi connectivity index (χ3v) is 16.5. The summed E-state index contributed by atoms with van der Waals surface area (Å²) in [4.78, 5) is 85.6. The van der Waals surface area contributed by atoms with Crippen LogP contribution in [-0.4, -0.2) is 111 Å². The van der Waals surface area contributed by atoms with Crippen molar-refractivity contribution >= 4 is 35.8 Å². The largest absolute Gasteiger partial charge is 0.455 e. The minimum Gasteiger partial charge on any atom is -0.455 e. The van der Waals surface area contributed by atoms with Crippen LogP contribution in [0.4, 0.5) is 4.79 Å². The zero-order chi connectivity index (χ0) is 58.1. The molecular formula is C64H79NO15. The lowest BCUT2D eigenvalue weighted by Gasteiger charge is -2.78. The Labute approximate surface area is 469 Å². The number of Topliss-reactive ketones (excluding diaryl/α,β-unsaturated/α-hetero) is 1. The summed E-state index contributed by atoms with van der Waals surface area (Å²) in [5, 5.41) is 40.6. The van der Waals surface area contributed by atoms with Crippen molar-refractivity contribution in [3.8, 4) is 0 Å². The van der Waals surface area contributed by atoms with Crippen LogP contribution in [0.15, 0.2) is 145 Å². The molecule has 4 aliphatic carbocycles. The van der Waals surface area contributed by atoms with E-state index in [9.17, 15) is 39.3 Å². The number of carbonyl (C=O) groups excluding carboxylic acids is 6. The highest BCUT2D eigenvalue weighted by molar-refractivity contribution is 5.97. The number of benzene rings is 2. The maximum absolute atomic E-state index is 15.9. The minimum atomic E-state index is -2.35. The molecule has 16 nitrogen and oxygen atoms in total. The summed E-state index contributed by atoms with van der Waals surface area (Å²) < 4.78 is 36.7. The number of hydrogen-bond acceptors (Lipinski definition) is 15. The van der Waals surface area contributed by atoms with Gasteiger partial charge >= 0.3 is 30.0 Å². The lowest BCUT2D eigenvalue weighted by Crippen LogP contribution is -2.90. The number of amides is 1. The van der Waals surface area contributed by atoms with E-state index in [0.717, 1.165) is 39.0 Å². The predicted molar refractivity (Wildman–Crippen MR) is 298 cm³/mol. The van der Waals surface area contributed by atoms with Gasteiger partial charge in [-0.05, 0) is 115 Å². The number of alkyl carbamates (subject to hydrolysis) is 1. The Bertz CT molecular complexity index is 2810. The van der Waals surface area contributed by atoms with E-state index < -0.39 is 118 Å². The molecule has 80 heavy (non-hydrogen) atoms. The molecule has 430 valence electrons. The lowest BCUT2D eigenvalue weighted by molar-refractivity contribution is -0.376. The second kappa shape index (κ2) is 25.4. The van der Waals surface area contributed by atoms with Crippen molar-refractivity contribution in [2.24, 2.45) is 16.7 Å². The molecule has 1 saturated heterocycles. The normalized spacial score (nSPS) is 30.6. The summed E-state index contributed by atoms with van der Waals surface area (Å²) in [7, 11) is 0. The summed E-state index contributed by atoms with van der Waals surface area (Å²) in [6.07, 6.45) is 20.1. The molecule has 2 aromatic rings. The van der Waals surface area contributed by atoms with Crippen molar-refractivity contribution in [3.63, 3.8) is 0 Å². The fourth-order valence-corrected chi connectivity index (χ4v) is 12.5. The second-order valence-electron chi connectivity index (χ2n) is 22.7. The summed E-state index contributed by atoms with van der Waals surface area (Å²) >= 11 is 0. The van der Waals surface area contributed by atoms with Gasteiger partial charge in [-0.1, -0.05) is 128 Å². The predicted octanol–water partition coefficient (Wildman–Crippen LogP) is 9.65. The van der Waals surface area contributed by atoms with E-state index in [1.54, 1.807) is 76.2 Å². The topological polar surface area (TPSA) is 231 Å². The molecule has 1 aliphatic heterocycles. The van der Waals surface area contributed by atoms with Crippen LogP contribution < -0.4 is 5.32 Å². The van der Waals surface area contributed by atoms with E-state index in [-0.39, 0.29) is 42.6 Å². The molecule has 0 bridgehead atoms. The fraction of sp³-hybridized carbons (Fsp3) is 0.500. The van der Waals surface area contributed by atoms with E-state index in [1.807, 2.05) is 24.3 Å². The molecule has 4 fully saturated rings. The van der Waals surface area contributed by atoms with Gasteiger partial charge < -0.3 is 49.1 Å². The first-order valence-corrected chi connectivity index (χ1v) is 27.8. The molecule has 1 amide bonds. The smallest absolute Gasteiger partial charge is 0.408 e. The van der Waals surface area contributed by atoms with Crippen molar-refractivity contribution in [1.82, 2.24) is 5.32 Å². The zero-order valence-corrected chi connectivity index (χ0v) is 47.3. The highest BCUT2D eigenvalue weighted by atomic mass is 16.6. The first-order valence-electron chi connectivity index (χ1n) is 27.8. The summed E-state index contributed by atoms with van der Waals surface area (Å²) in [6, 6.07) is 14.7. The maximum Gasteiger partial charge on any atom is 0.408 e. The molecule has 1 heterocycles. The Morgan fingerprint density at radius 3 is 1.88 bits per heavy atom. The van der Waals surface area contributed by atoms with Crippen LogP contribution in [0.3, 0.4) is 0 Å². The van der Waals surface area contributed by atoms with Gasteiger partial charge in [0.25, 0.3) is 0 Å². The number of carbonyl (C=O) groups is 6. The molecule has 0 aromatic heterocycles. The van der Waals surface area contributed by atoms with Crippen LogP contribution >= 0.6 is 0 Å². The first kappa shape index (κ1) is 60.9. The molecule has 5 aliphatic rings. The van der Waals surface area contributed by atoms with E-state index in [1.165, 1.54) is 26.0 Å². The number of nitrogens with one attached hydrogen (secondary N) is 1. The van der Waals surface area contributed by atoms with Crippen LogP contribution in [0.5, 0.6) is 0 Å². The molecule has 12 atom stereocenters. The van der Waals surface area contributed by atoms with Gasteiger partial charge in [0.1, 0.15) is 29.0 Å². The molecule has 3 saturated carbocycles. The molecule has 4 N–H and O–H groups in total. The average molecular weight is 1100 g/mol. The van der Waals surface area contributed by atoms with Gasteiger partial charge in [0.05, 0.1) is 41.1 Å². The Morgan fingerprint density at radius 1 is 0.800 bits per heavy atom. The van der Waals surface area contributed by atoms with E-state index in [4.69, 9.17) is 28.4 Å². The molecule has 0 spiro atoms. The highest BCUT2D eigenvalue weighted by Gasteiger charge is 2.90. The van der Waals surface area contributed by atoms with Gasteiger partial charge in [-0.15, -0.1) is 0 Å². The van der Waals surface area contributed by atoms with Gasteiger partial charge in [0, 0.05) is 26.2 Å².